The summed E-state index contributed by atoms with van der Waals surface area (Å²) in [6.45, 7) is 2.68. The van der Waals surface area contributed by atoms with Crippen molar-refractivity contribution in [3.63, 3.8) is 0 Å². The zero-order valence-corrected chi connectivity index (χ0v) is 14.4. The Morgan fingerprint density at radius 3 is 2.61 bits per heavy atom. The van der Waals surface area contributed by atoms with Gasteiger partial charge in [0.15, 0.2) is 0 Å². The molecule has 4 fully saturated rings. The number of hydrogen-bond acceptors (Lipinski definition) is 3. The van der Waals surface area contributed by atoms with Crippen LogP contribution in [0.4, 0.5) is 0 Å². The Morgan fingerprint density at radius 1 is 1.17 bits per heavy atom. The van der Waals surface area contributed by atoms with Gasteiger partial charge in [0.25, 0.3) is 0 Å². The van der Waals surface area contributed by atoms with Crippen molar-refractivity contribution in [2.24, 2.45) is 17.8 Å². The number of likely N-dealkylation sites (N-methyl/N-ethyl adjacent to an activating group) is 2. The van der Waals surface area contributed by atoms with Crippen molar-refractivity contribution in [3.8, 4) is 0 Å². The van der Waals surface area contributed by atoms with Gasteiger partial charge in [-0.25, -0.2) is 0 Å². The monoisotopic (exact) mass is 319 g/mol. The van der Waals surface area contributed by atoms with Gasteiger partial charge in [-0.05, 0) is 51.1 Å². The molecule has 128 valence electrons. The van der Waals surface area contributed by atoms with Crippen molar-refractivity contribution in [2.75, 3.05) is 33.7 Å². The molecule has 23 heavy (non-hydrogen) atoms. The Labute approximate surface area is 139 Å². The molecular formula is C18H29N3O2. The average Bonchev–Trinajstić information content (AvgIpc) is 3.28. The predicted molar refractivity (Wildman–Crippen MR) is 87.7 cm³/mol. The molecule has 2 bridgehead atoms. The molecule has 4 rings (SSSR count). The lowest BCUT2D eigenvalue weighted by atomic mass is 9.94. The van der Waals surface area contributed by atoms with Gasteiger partial charge in [-0.3, -0.25) is 9.59 Å². The Balaban J connectivity index is 1.39. The van der Waals surface area contributed by atoms with Crippen LogP contribution in [0.1, 0.15) is 38.5 Å². The lowest BCUT2D eigenvalue weighted by Crippen LogP contribution is -2.44. The minimum atomic E-state index is -0.113. The third-order valence-corrected chi connectivity index (χ3v) is 6.87. The first-order valence-corrected chi connectivity index (χ1v) is 9.27. The summed E-state index contributed by atoms with van der Waals surface area (Å²) in [6, 6.07) is 0.751. The summed E-state index contributed by atoms with van der Waals surface area (Å²) >= 11 is 0. The van der Waals surface area contributed by atoms with Gasteiger partial charge >= 0.3 is 0 Å². The first kappa shape index (κ1) is 15.4. The predicted octanol–water partition coefficient (Wildman–Crippen LogP) is 1.19. The maximum absolute atomic E-state index is 12.8. The summed E-state index contributed by atoms with van der Waals surface area (Å²) in [4.78, 5) is 31.6. The third kappa shape index (κ3) is 2.67. The Bertz CT molecular complexity index is 508. The second-order valence-corrected chi connectivity index (χ2v) is 8.34. The average molecular weight is 319 g/mol. The number of rotatable bonds is 3. The van der Waals surface area contributed by atoms with Gasteiger partial charge in [0.2, 0.25) is 11.8 Å². The van der Waals surface area contributed by atoms with Gasteiger partial charge in [0.05, 0.1) is 5.92 Å². The van der Waals surface area contributed by atoms with Crippen LogP contribution in [0.5, 0.6) is 0 Å². The van der Waals surface area contributed by atoms with Gasteiger partial charge in [0.1, 0.15) is 0 Å². The molecule has 0 aromatic carbocycles. The summed E-state index contributed by atoms with van der Waals surface area (Å²) in [5.41, 5.74) is 0. The normalized spacial score (nSPS) is 40.3. The summed E-state index contributed by atoms with van der Waals surface area (Å²) in [6.07, 6.45) is 6.60. The lowest BCUT2D eigenvalue weighted by molar-refractivity contribution is -0.136. The number of fused-ring (bicyclic) bond motifs is 2. The van der Waals surface area contributed by atoms with E-state index >= 15 is 0 Å². The van der Waals surface area contributed by atoms with Crippen LogP contribution in [0.15, 0.2) is 0 Å². The molecule has 2 aliphatic carbocycles. The van der Waals surface area contributed by atoms with Crippen LogP contribution in [0.25, 0.3) is 0 Å². The van der Waals surface area contributed by atoms with Crippen molar-refractivity contribution in [1.82, 2.24) is 14.7 Å². The summed E-state index contributed by atoms with van der Waals surface area (Å²) in [7, 11) is 4.03. The molecular weight excluding hydrogens is 290 g/mol. The van der Waals surface area contributed by atoms with E-state index in [9.17, 15) is 9.59 Å². The highest BCUT2D eigenvalue weighted by molar-refractivity contribution is 5.89. The molecule has 5 heteroatoms. The molecule has 5 nitrogen and oxygen atoms in total. The highest BCUT2D eigenvalue weighted by atomic mass is 16.2. The van der Waals surface area contributed by atoms with Crippen molar-refractivity contribution in [3.05, 3.63) is 0 Å². The van der Waals surface area contributed by atoms with Crippen LogP contribution in [0.2, 0.25) is 0 Å². The fourth-order valence-corrected chi connectivity index (χ4v) is 5.51. The second-order valence-electron chi connectivity index (χ2n) is 8.34. The Kier molecular flexibility index (Phi) is 3.87. The zero-order chi connectivity index (χ0) is 16.1. The highest BCUT2D eigenvalue weighted by Gasteiger charge is 2.48. The van der Waals surface area contributed by atoms with E-state index < -0.39 is 0 Å². The Morgan fingerprint density at radius 2 is 2.00 bits per heavy atom. The van der Waals surface area contributed by atoms with E-state index in [1.807, 2.05) is 11.9 Å². The summed E-state index contributed by atoms with van der Waals surface area (Å²) in [5.74, 6) is 1.84. The molecule has 2 amide bonds. The van der Waals surface area contributed by atoms with E-state index in [2.05, 4.69) is 16.8 Å². The SMILES string of the molecule is CN1CCC(N(C)C(=O)C2CC(=O)N(C3CC4CCC3C4)C2)C1. The molecule has 2 saturated heterocycles. The molecule has 2 heterocycles. The molecule has 5 unspecified atom stereocenters. The van der Waals surface area contributed by atoms with Gasteiger partial charge in [-0.2, -0.15) is 0 Å². The van der Waals surface area contributed by atoms with E-state index in [-0.39, 0.29) is 17.7 Å². The van der Waals surface area contributed by atoms with Gasteiger partial charge in [-0.15, -0.1) is 0 Å². The molecule has 5 atom stereocenters. The first-order chi connectivity index (χ1) is 11.0. The number of hydrogen-bond donors (Lipinski definition) is 0. The number of likely N-dealkylation sites (tertiary alicyclic amines) is 2. The van der Waals surface area contributed by atoms with Crippen LogP contribution in [-0.2, 0) is 9.59 Å². The number of carbonyl (C=O) groups is 2. The van der Waals surface area contributed by atoms with Crippen molar-refractivity contribution < 1.29 is 9.59 Å². The Hall–Kier alpha value is -1.10. The fourth-order valence-electron chi connectivity index (χ4n) is 5.51. The number of nitrogens with zero attached hydrogens (tertiary/aromatic N) is 3. The molecule has 2 saturated carbocycles. The van der Waals surface area contributed by atoms with Crippen molar-refractivity contribution in [1.29, 1.82) is 0 Å². The minimum absolute atomic E-state index is 0.113. The van der Waals surface area contributed by atoms with Gasteiger partial charge in [0, 0.05) is 38.6 Å². The maximum atomic E-state index is 12.8. The molecule has 4 aliphatic rings. The maximum Gasteiger partial charge on any atom is 0.228 e. The standard InChI is InChI=1S/C18H29N3O2/c1-19-6-5-15(11-19)20(2)18(23)14-9-17(22)21(10-14)16-8-12-3-4-13(16)7-12/h12-16H,3-11H2,1-2H3. The van der Waals surface area contributed by atoms with E-state index in [0.29, 0.717) is 31.0 Å². The number of carbonyl (C=O) groups excluding carboxylic acids is 2. The molecule has 0 aromatic heterocycles. The first-order valence-electron chi connectivity index (χ1n) is 9.27. The van der Waals surface area contributed by atoms with Gasteiger partial charge < -0.3 is 14.7 Å². The largest absolute Gasteiger partial charge is 0.341 e. The van der Waals surface area contributed by atoms with E-state index in [1.54, 1.807) is 0 Å². The van der Waals surface area contributed by atoms with Crippen molar-refractivity contribution >= 4 is 11.8 Å². The third-order valence-electron chi connectivity index (χ3n) is 6.87. The molecule has 0 radical (unpaired) electrons. The summed E-state index contributed by atoms with van der Waals surface area (Å²) in [5, 5.41) is 0. The zero-order valence-electron chi connectivity index (χ0n) is 14.4. The fraction of sp³-hybridized carbons (Fsp3) is 0.889. The van der Waals surface area contributed by atoms with Crippen LogP contribution >= 0.6 is 0 Å². The van der Waals surface area contributed by atoms with Gasteiger partial charge in [-0.1, -0.05) is 6.42 Å². The highest BCUT2D eigenvalue weighted by Crippen LogP contribution is 2.47. The quantitative estimate of drug-likeness (QED) is 0.785. The molecule has 2 aliphatic heterocycles. The smallest absolute Gasteiger partial charge is 0.228 e. The molecule has 0 spiro atoms. The number of amides is 2. The van der Waals surface area contributed by atoms with Crippen molar-refractivity contribution in [2.45, 2.75) is 50.6 Å². The second kappa shape index (κ2) is 5.76. The minimum Gasteiger partial charge on any atom is -0.341 e. The van der Waals surface area contributed by atoms with Crippen LogP contribution < -0.4 is 0 Å². The van der Waals surface area contributed by atoms with Crippen LogP contribution in [0.3, 0.4) is 0 Å². The topological polar surface area (TPSA) is 43.9 Å². The van der Waals surface area contributed by atoms with E-state index in [0.717, 1.165) is 25.4 Å². The van der Waals surface area contributed by atoms with Crippen LogP contribution in [0, 0.1) is 17.8 Å². The van der Waals surface area contributed by atoms with E-state index in [1.165, 1.54) is 25.7 Å². The molecule has 0 aromatic rings. The lowest BCUT2D eigenvalue weighted by Gasteiger charge is -2.32. The van der Waals surface area contributed by atoms with Crippen LogP contribution in [-0.4, -0.2) is 72.3 Å². The van der Waals surface area contributed by atoms with E-state index in [4.69, 9.17) is 0 Å². The summed E-state index contributed by atoms with van der Waals surface area (Å²) < 4.78 is 0. The molecule has 0 N–H and O–H groups in total.